The lowest BCUT2D eigenvalue weighted by Gasteiger charge is -2.23. The Morgan fingerprint density at radius 2 is 1.53 bits per heavy atom. The van der Waals surface area contributed by atoms with Crippen LogP contribution in [0.5, 0.6) is 23.0 Å². The van der Waals surface area contributed by atoms with Crippen LogP contribution in [0.4, 0.5) is 0 Å². The lowest BCUT2D eigenvalue weighted by atomic mass is 10.1. The standard InChI is InChI=1S/C22H24O8/c1-22(2,3)30-21(28)19(12-14-5-8-16(24)18(26)11-14)29-20(27)9-6-13-4-7-15(23)17(25)10-13/h4-11,19,23-26H,12H2,1-3H3/t19-/m1/s1. The van der Waals surface area contributed by atoms with Gasteiger partial charge in [0.1, 0.15) is 5.60 Å². The molecule has 0 unspecified atom stereocenters. The van der Waals surface area contributed by atoms with Crippen molar-refractivity contribution in [2.45, 2.75) is 38.9 Å². The summed E-state index contributed by atoms with van der Waals surface area (Å²) in [7, 11) is 0. The number of benzene rings is 2. The van der Waals surface area contributed by atoms with Crippen molar-refractivity contribution in [3.63, 3.8) is 0 Å². The summed E-state index contributed by atoms with van der Waals surface area (Å²) in [6.45, 7) is 5.02. The summed E-state index contributed by atoms with van der Waals surface area (Å²) in [5, 5.41) is 37.9. The van der Waals surface area contributed by atoms with Gasteiger partial charge in [-0.2, -0.15) is 0 Å². The molecule has 0 fully saturated rings. The third-order valence-corrected chi connectivity index (χ3v) is 3.80. The van der Waals surface area contributed by atoms with E-state index < -0.39 is 23.6 Å². The van der Waals surface area contributed by atoms with Crippen molar-refractivity contribution in [1.29, 1.82) is 0 Å². The average Bonchev–Trinajstić information content (AvgIpc) is 2.63. The Balaban J connectivity index is 2.17. The van der Waals surface area contributed by atoms with Gasteiger partial charge in [-0.15, -0.1) is 0 Å². The molecule has 2 aromatic carbocycles. The zero-order valence-electron chi connectivity index (χ0n) is 16.8. The van der Waals surface area contributed by atoms with Gasteiger partial charge in [-0.3, -0.25) is 0 Å². The summed E-state index contributed by atoms with van der Waals surface area (Å²) in [4.78, 5) is 24.8. The Morgan fingerprint density at radius 3 is 2.10 bits per heavy atom. The van der Waals surface area contributed by atoms with Crippen LogP contribution in [0.3, 0.4) is 0 Å². The van der Waals surface area contributed by atoms with Gasteiger partial charge < -0.3 is 29.9 Å². The molecule has 160 valence electrons. The van der Waals surface area contributed by atoms with Gasteiger partial charge in [0.05, 0.1) is 0 Å². The fraction of sp³-hybridized carbons (Fsp3) is 0.273. The molecule has 0 aromatic heterocycles. The molecule has 0 saturated carbocycles. The minimum absolute atomic E-state index is 0.0810. The van der Waals surface area contributed by atoms with Crippen LogP contribution >= 0.6 is 0 Å². The van der Waals surface area contributed by atoms with E-state index in [0.717, 1.165) is 6.08 Å². The Hall–Kier alpha value is -3.68. The number of esters is 2. The SMILES string of the molecule is CC(C)(C)OC(=O)[C@@H](Cc1ccc(O)c(O)c1)OC(=O)C=Cc1ccc(O)c(O)c1. The molecule has 2 aromatic rings. The third-order valence-electron chi connectivity index (χ3n) is 3.80. The van der Waals surface area contributed by atoms with E-state index in [1.54, 1.807) is 20.8 Å². The van der Waals surface area contributed by atoms with Gasteiger partial charge in [-0.1, -0.05) is 12.1 Å². The van der Waals surface area contributed by atoms with Crippen LogP contribution in [0.2, 0.25) is 0 Å². The van der Waals surface area contributed by atoms with Crippen LogP contribution in [0.1, 0.15) is 31.9 Å². The lowest BCUT2D eigenvalue weighted by Crippen LogP contribution is -2.36. The van der Waals surface area contributed by atoms with E-state index in [4.69, 9.17) is 9.47 Å². The predicted octanol–water partition coefficient (Wildman–Crippen LogP) is 3.02. The molecular formula is C22H24O8. The van der Waals surface area contributed by atoms with E-state index in [9.17, 15) is 30.0 Å². The summed E-state index contributed by atoms with van der Waals surface area (Å²) in [6.07, 6.45) is 1.04. The van der Waals surface area contributed by atoms with Crippen LogP contribution in [0.25, 0.3) is 6.08 Å². The number of ether oxygens (including phenoxy) is 2. The molecule has 1 atom stereocenters. The van der Waals surface area contributed by atoms with Crippen LogP contribution in [0.15, 0.2) is 42.5 Å². The second-order valence-corrected chi connectivity index (χ2v) is 7.57. The van der Waals surface area contributed by atoms with Gasteiger partial charge in [0.15, 0.2) is 23.0 Å². The minimum Gasteiger partial charge on any atom is -0.504 e. The Kier molecular flexibility index (Phi) is 6.94. The number of hydrogen-bond donors (Lipinski definition) is 4. The van der Waals surface area contributed by atoms with Crippen molar-refractivity contribution >= 4 is 18.0 Å². The first-order valence-electron chi connectivity index (χ1n) is 9.09. The van der Waals surface area contributed by atoms with E-state index in [1.807, 2.05) is 0 Å². The summed E-state index contributed by atoms with van der Waals surface area (Å²) in [5.41, 5.74) is 0.0686. The van der Waals surface area contributed by atoms with Crippen LogP contribution in [0, 0.1) is 0 Å². The van der Waals surface area contributed by atoms with E-state index in [0.29, 0.717) is 11.1 Å². The first-order valence-corrected chi connectivity index (χ1v) is 9.09. The molecule has 0 radical (unpaired) electrons. The first-order chi connectivity index (χ1) is 13.9. The van der Waals surface area contributed by atoms with Crippen LogP contribution in [-0.4, -0.2) is 44.1 Å². The maximum absolute atomic E-state index is 12.5. The van der Waals surface area contributed by atoms with Crippen molar-refractivity contribution in [3.8, 4) is 23.0 Å². The topological polar surface area (TPSA) is 134 Å². The van der Waals surface area contributed by atoms with Crippen molar-refractivity contribution in [2.75, 3.05) is 0 Å². The number of hydrogen-bond acceptors (Lipinski definition) is 8. The normalized spacial score (nSPS) is 12.5. The van der Waals surface area contributed by atoms with Crippen molar-refractivity contribution in [1.82, 2.24) is 0 Å². The number of carbonyl (C=O) groups is 2. The third kappa shape index (κ3) is 6.73. The predicted molar refractivity (Wildman–Crippen MR) is 108 cm³/mol. The molecule has 0 amide bonds. The largest absolute Gasteiger partial charge is 0.504 e. The number of phenols is 4. The molecule has 0 aliphatic rings. The number of phenolic OH excluding ortho intramolecular Hbond substituents is 4. The van der Waals surface area contributed by atoms with Crippen molar-refractivity contribution < 1.29 is 39.5 Å². The summed E-state index contributed by atoms with van der Waals surface area (Å²) < 4.78 is 10.6. The molecule has 0 heterocycles. The monoisotopic (exact) mass is 416 g/mol. The van der Waals surface area contributed by atoms with Crippen LogP contribution < -0.4 is 0 Å². The van der Waals surface area contributed by atoms with Crippen molar-refractivity contribution in [3.05, 3.63) is 53.6 Å². The van der Waals surface area contributed by atoms with Gasteiger partial charge in [-0.25, -0.2) is 9.59 Å². The molecule has 0 spiro atoms. The van der Waals surface area contributed by atoms with Gasteiger partial charge in [0.2, 0.25) is 6.10 Å². The average molecular weight is 416 g/mol. The maximum atomic E-state index is 12.5. The highest BCUT2D eigenvalue weighted by molar-refractivity contribution is 5.89. The molecule has 0 saturated heterocycles. The summed E-state index contributed by atoms with van der Waals surface area (Å²) in [6, 6.07) is 8.00. The second kappa shape index (κ2) is 9.21. The van der Waals surface area contributed by atoms with E-state index in [1.165, 1.54) is 42.5 Å². The molecule has 0 aliphatic carbocycles. The van der Waals surface area contributed by atoms with Crippen molar-refractivity contribution in [2.24, 2.45) is 0 Å². The Labute approximate surface area is 173 Å². The summed E-state index contributed by atoms with van der Waals surface area (Å²) >= 11 is 0. The fourth-order valence-electron chi connectivity index (χ4n) is 2.44. The second-order valence-electron chi connectivity index (χ2n) is 7.57. The fourth-order valence-corrected chi connectivity index (χ4v) is 2.44. The number of carbonyl (C=O) groups excluding carboxylic acids is 2. The molecule has 0 aliphatic heterocycles. The lowest BCUT2D eigenvalue weighted by molar-refractivity contribution is -0.173. The van der Waals surface area contributed by atoms with E-state index in [-0.39, 0.29) is 29.4 Å². The molecule has 8 heteroatoms. The van der Waals surface area contributed by atoms with Gasteiger partial charge in [-0.05, 0) is 62.2 Å². The molecule has 4 N–H and O–H groups in total. The first kappa shape index (κ1) is 22.6. The zero-order chi connectivity index (χ0) is 22.5. The Morgan fingerprint density at radius 1 is 0.933 bits per heavy atom. The van der Waals surface area contributed by atoms with Gasteiger partial charge in [0.25, 0.3) is 0 Å². The molecule has 8 nitrogen and oxygen atoms in total. The highest BCUT2D eigenvalue weighted by atomic mass is 16.6. The van der Waals surface area contributed by atoms with Gasteiger partial charge >= 0.3 is 11.9 Å². The van der Waals surface area contributed by atoms with E-state index in [2.05, 4.69) is 0 Å². The maximum Gasteiger partial charge on any atom is 0.348 e. The Bertz CT molecular complexity index is 956. The van der Waals surface area contributed by atoms with E-state index >= 15 is 0 Å². The number of aromatic hydroxyl groups is 4. The smallest absolute Gasteiger partial charge is 0.348 e. The molecule has 0 bridgehead atoms. The van der Waals surface area contributed by atoms with Gasteiger partial charge in [0, 0.05) is 12.5 Å². The quantitative estimate of drug-likeness (QED) is 0.321. The number of rotatable bonds is 6. The van der Waals surface area contributed by atoms with Crippen LogP contribution in [-0.2, 0) is 25.5 Å². The molecule has 2 rings (SSSR count). The molecule has 30 heavy (non-hydrogen) atoms. The minimum atomic E-state index is -1.29. The highest BCUT2D eigenvalue weighted by Gasteiger charge is 2.28. The highest BCUT2D eigenvalue weighted by Crippen LogP contribution is 2.27. The zero-order valence-corrected chi connectivity index (χ0v) is 16.8. The molecular weight excluding hydrogens is 392 g/mol. The summed E-state index contributed by atoms with van der Waals surface area (Å²) in [5.74, 6) is -2.92.